The molecule has 84 valence electrons. The summed E-state index contributed by atoms with van der Waals surface area (Å²) >= 11 is 1.67. The number of nitrogen functional groups attached to an aromatic ring is 1. The van der Waals surface area contributed by atoms with Crippen molar-refractivity contribution in [2.45, 2.75) is 57.8 Å². The average Bonchev–Trinajstić information content (AvgIpc) is 2.69. The molecule has 0 saturated heterocycles. The molecule has 0 radical (unpaired) electrons. The molecule has 0 spiro atoms. The Kier molecular flexibility index (Phi) is 2.75. The molecule has 0 atom stereocenters. The Morgan fingerprint density at radius 1 is 1.27 bits per heavy atom. The zero-order valence-electron chi connectivity index (χ0n) is 9.84. The van der Waals surface area contributed by atoms with Gasteiger partial charge in [-0.3, -0.25) is 0 Å². The summed E-state index contributed by atoms with van der Waals surface area (Å²) in [6.07, 6.45) is 5.23. The van der Waals surface area contributed by atoms with Crippen LogP contribution in [0.15, 0.2) is 0 Å². The van der Waals surface area contributed by atoms with E-state index in [1.165, 1.54) is 36.4 Å². The van der Waals surface area contributed by atoms with E-state index in [0.717, 1.165) is 5.00 Å². The van der Waals surface area contributed by atoms with Crippen molar-refractivity contribution in [3.8, 4) is 0 Å². The van der Waals surface area contributed by atoms with Gasteiger partial charge in [0.05, 0.1) is 5.69 Å². The van der Waals surface area contributed by atoms with Crippen LogP contribution >= 0.6 is 11.3 Å². The van der Waals surface area contributed by atoms with E-state index in [1.54, 1.807) is 11.3 Å². The molecule has 0 bridgehead atoms. The highest BCUT2D eigenvalue weighted by Gasteiger charge is 2.26. The molecule has 1 fully saturated rings. The van der Waals surface area contributed by atoms with Crippen LogP contribution in [-0.4, -0.2) is 4.98 Å². The summed E-state index contributed by atoms with van der Waals surface area (Å²) in [5.41, 5.74) is 7.39. The minimum Gasteiger partial charge on any atom is -0.389 e. The Labute approximate surface area is 95.9 Å². The van der Waals surface area contributed by atoms with Crippen molar-refractivity contribution in [3.05, 3.63) is 10.7 Å². The minimum absolute atomic E-state index is 0.135. The van der Waals surface area contributed by atoms with Gasteiger partial charge in [-0.2, -0.15) is 0 Å². The monoisotopic (exact) mass is 224 g/mol. The molecule has 15 heavy (non-hydrogen) atoms. The summed E-state index contributed by atoms with van der Waals surface area (Å²) in [5.74, 6) is 0.636. The molecule has 0 aromatic carbocycles. The fraction of sp³-hybridized carbons (Fsp3) is 0.750. The maximum atomic E-state index is 6.07. The highest BCUT2D eigenvalue weighted by Crippen LogP contribution is 2.40. The Morgan fingerprint density at radius 3 is 2.33 bits per heavy atom. The zero-order chi connectivity index (χ0) is 11.1. The number of nitrogens with two attached hydrogens (primary N) is 1. The molecular weight excluding hydrogens is 204 g/mol. The van der Waals surface area contributed by atoms with Crippen LogP contribution in [0, 0.1) is 0 Å². The van der Waals surface area contributed by atoms with Gasteiger partial charge < -0.3 is 5.73 Å². The van der Waals surface area contributed by atoms with Crippen LogP contribution < -0.4 is 5.73 Å². The summed E-state index contributed by atoms with van der Waals surface area (Å²) in [6, 6.07) is 0. The second kappa shape index (κ2) is 3.78. The maximum Gasteiger partial charge on any atom is 0.110 e. The van der Waals surface area contributed by atoms with Crippen molar-refractivity contribution in [1.82, 2.24) is 4.98 Å². The molecule has 2 N–H and O–H groups in total. The van der Waals surface area contributed by atoms with E-state index in [1.807, 2.05) is 0 Å². The van der Waals surface area contributed by atoms with Gasteiger partial charge in [0, 0.05) is 11.3 Å². The molecular formula is C12H20N2S. The van der Waals surface area contributed by atoms with Crippen LogP contribution in [0.5, 0.6) is 0 Å². The van der Waals surface area contributed by atoms with Gasteiger partial charge in [0.25, 0.3) is 0 Å². The second-order valence-corrected chi connectivity index (χ2v) is 6.53. The fourth-order valence-corrected chi connectivity index (χ4v) is 3.13. The van der Waals surface area contributed by atoms with E-state index in [0.29, 0.717) is 5.92 Å². The van der Waals surface area contributed by atoms with Crippen LogP contribution in [0.25, 0.3) is 0 Å². The molecule has 1 aromatic heterocycles. The molecule has 0 aliphatic heterocycles. The first-order valence-electron chi connectivity index (χ1n) is 5.75. The van der Waals surface area contributed by atoms with Crippen molar-refractivity contribution in [2.75, 3.05) is 5.73 Å². The van der Waals surface area contributed by atoms with E-state index in [2.05, 4.69) is 20.8 Å². The standard InChI is InChI=1S/C12H20N2S/c1-12(2,3)11-14-9(10(13)15-11)8-6-4-5-7-8/h8H,4-7,13H2,1-3H3. The Bertz CT molecular complexity index is 343. The number of hydrogen-bond acceptors (Lipinski definition) is 3. The lowest BCUT2D eigenvalue weighted by atomic mass is 9.98. The van der Waals surface area contributed by atoms with Gasteiger partial charge in [-0.05, 0) is 12.8 Å². The smallest absolute Gasteiger partial charge is 0.110 e. The molecule has 1 heterocycles. The van der Waals surface area contributed by atoms with Gasteiger partial charge in [0.2, 0.25) is 0 Å². The van der Waals surface area contributed by atoms with Crippen molar-refractivity contribution < 1.29 is 0 Å². The van der Waals surface area contributed by atoms with Gasteiger partial charge in [0.15, 0.2) is 0 Å². The van der Waals surface area contributed by atoms with Crippen molar-refractivity contribution in [2.24, 2.45) is 0 Å². The van der Waals surface area contributed by atoms with Crippen LogP contribution in [0.1, 0.15) is 63.1 Å². The van der Waals surface area contributed by atoms with E-state index >= 15 is 0 Å². The number of anilines is 1. The third-order valence-corrected chi connectivity index (χ3v) is 4.39. The number of thiazole rings is 1. The van der Waals surface area contributed by atoms with Crippen LogP contribution in [-0.2, 0) is 5.41 Å². The Morgan fingerprint density at radius 2 is 1.87 bits per heavy atom. The summed E-state index contributed by atoms with van der Waals surface area (Å²) in [4.78, 5) is 4.76. The third kappa shape index (κ3) is 2.17. The lowest BCUT2D eigenvalue weighted by molar-refractivity contribution is 0.578. The average molecular weight is 224 g/mol. The zero-order valence-corrected chi connectivity index (χ0v) is 10.7. The fourth-order valence-electron chi connectivity index (χ4n) is 2.16. The summed E-state index contributed by atoms with van der Waals surface area (Å²) in [6.45, 7) is 6.59. The molecule has 2 rings (SSSR count). The summed E-state index contributed by atoms with van der Waals surface area (Å²) in [5, 5.41) is 2.13. The molecule has 3 heteroatoms. The first-order valence-corrected chi connectivity index (χ1v) is 6.57. The quantitative estimate of drug-likeness (QED) is 0.790. The highest BCUT2D eigenvalue weighted by molar-refractivity contribution is 7.15. The van der Waals surface area contributed by atoms with Crippen LogP contribution in [0.3, 0.4) is 0 Å². The van der Waals surface area contributed by atoms with Crippen LogP contribution in [0.2, 0.25) is 0 Å². The van der Waals surface area contributed by atoms with Crippen molar-refractivity contribution in [3.63, 3.8) is 0 Å². The molecule has 1 aromatic rings. The molecule has 1 aliphatic rings. The minimum atomic E-state index is 0.135. The number of rotatable bonds is 1. The molecule has 1 aliphatic carbocycles. The van der Waals surface area contributed by atoms with E-state index in [-0.39, 0.29) is 5.41 Å². The van der Waals surface area contributed by atoms with Gasteiger partial charge in [-0.25, -0.2) is 4.98 Å². The van der Waals surface area contributed by atoms with E-state index < -0.39 is 0 Å². The SMILES string of the molecule is CC(C)(C)c1nc(C2CCCC2)c(N)s1. The topological polar surface area (TPSA) is 38.9 Å². The van der Waals surface area contributed by atoms with Gasteiger partial charge in [0.1, 0.15) is 10.0 Å². The van der Waals surface area contributed by atoms with Crippen molar-refractivity contribution in [1.29, 1.82) is 0 Å². The molecule has 0 unspecified atom stereocenters. The normalized spacial score (nSPS) is 18.6. The van der Waals surface area contributed by atoms with Gasteiger partial charge in [-0.1, -0.05) is 33.6 Å². The summed E-state index contributed by atoms with van der Waals surface area (Å²) in [7, 11) is 0. The van der Waals surface area contributed by atoms with Crippen molar-refractivity contribution >= 4 is 16.3 Å². The first kappa shape index (κ1) is 10.9. The van der Waals surface area contributed by atoms with Gasteiger partial charge >= 0.3 is 0 Å². The predicted molar refractivity (Wildman–Crippen MR) is 66.4 cm³/mol. The largest absolute Gasteiger partial charge is 0.389 e. The Hall–Kier alpha value is -0.570. The third-order valence-electron chi connectivity index (χ3n) is 3.06. The highest BCUT2D eigenvalue weighted by atomic mass is 32.1. The number of hydrogen-bond donors (Lipinski definition) is 1. The Balaban J connectivity index is 2.29. The molecule has 1 saturated carbocycles. The lowest BCUT2D eigenvalue weighted by Crippen LogP contribution is -2.10. The van der Waals surface area contributed by atoms with Crippen LogP contribution in [0.4, 0.5) is 5.00 Å². The predicted octanol–water partition coefficient (Wildman–Crippen LogP) is 3.68. The van der Waals surface area contributed by atoms with E-state index in [9.17, 15) is 0 Å². The molecule has 2 nitrogen and oxygen atoms in total. The second-order valence-electron chi connectivity index (χ2n) is 5.50. The molecule has 0 amide bonds. The maximum absolute atomic E-state index is 6.07. The summed E-state index contributed by atoms with van der Waals surface area (Å²) < 4.78 is 0. The van der Waals surface area contributed by atoms with E-state index in [4.69, 9.17) is 10.7 Å². The number of nitrogens with zero attached hydrogens (tertiary/aromatic N) is 1. The van der Waals surface area contributed by atoms with Gasteiger partial charge in [-0.15, -0.1) is 11.3 Å². The first-order chi connectivity index (χ1) is 6.98. The number of aromatic nitrogens is 1. The lowest BCUT2D eigenvalue weighted by Gasteiger charge is -2.13.